The Morgan fingerprint density at radius 2 is 1.78 bits per heavy atom. The van der Waals surface area contributed by atoms with E-state index in [2.05, 4.69) is 16.3 Å². The molecule has 0 radical (unpaired) electrons. The van der Waals surface area contributed by atoms with E-state index < -0.39 is 27.6 Å². The summed E-state index contributed by atoms with van der Waals surface area (Å²) in [5.74, 6) is 0. The fraction of sp³-hybridized carbons (Fsp3) is 0.417. The first-order chi connectivity index (χ1) is 10.3. The highest BCUT2D eigenvalue weighted by atomic mass is 32.2. The Morgan fingerprint density at radius 3 is 2.22 bits per heavy atom. The zero-order chi connectivity index (χ0) is 18.0. The quantitative estimate of drug-likeness (QED) is 0.713. The van der Waals surface area contributed by atoms with Gasteiger partial charge in [-0.25, -0.2) is 18.2 Å². The fourth-order valence-electron chi connectivity index (χ4n) is 1.75. The molecular formula is C12H17F3N4O3S. The second-order valence-corrected chi connectivity index (χ2v) is 7.00. The highest BCUT2D eigenvalue weighted by Gasteiger charge is 2.34. The SMILES string of the molecule is Cc1cc(S(C)(=O)=O)c(NNC(=O)NN(C)C)cc1C(F)(F)F. The number of nitrogens with zero attached hydrogens (tertiary/aromatic N) is 1. The van der Waals surface area contributed by atoms with Crippen molar-refractivity contribution in [2.45, 2.75) is 18.0 Å². The number of hydrogen-bond acceptors (Lipinski definition) is 5. The molecule has 2 amide bonds. The Bertz CT molecular complexity index is 702. The van der Waals surface area contributed by atoms with Gasteiger partial charge in [0, 0.05) is 20.4 Å². The van der Waals surface area contributed by atoms with Crippen LogP contribution in [-0.2, 0) is 16.0 Å². The molecule has 23 heavy (non-hydrogen) atoms. The number of anilines is 1. The number of rotatable bonds is 4. The number of nitrogens with one attached hydrogen (secondary N) is 3. The summed E-state index contributed by atoms with van der Waals surface area (Å²) < 4.78 is 62.3. The van der Waals surface area contributed by atoms with E-state index in [4.69, 9.17) is 0 Å². The highest BCUT2D eigenvalue weighted by molar-refractivity contribution is 7.90. The van der Waals surface area contributed by atoms with Gasteiger partial charge in [0.25, 0.3) is 0 Å². The van der Waals surface area contributed by atoms with Crippen LogP contribution in [-0.4, -0.2) is 39.8 Å². The zero-order valence-corrected chi connectivity index (χ0v) is 13.7. The summed E-state index contributed by atoms with van der Waals surface area (Å²) in [5.41, 5.74) is 4.93. The number of carbonyl (C=O) groups is 1. The second-order valence-electron chi connectivity index (χ2n) is 5.02. The summed E-state index contributed by atoms with van der Waals surface area (Å²) in [6.07, 6.45) is -3.79. The molecule has 1 aromatic carbocycles. The molecular weight excluding hydrogens is 337 g/mol. The van der Waals surface area contributed by atoms with E-state index in [9.17, 15) is 26.4 Å². The van der Waals surface area contributed by atoms with Gasteiger partial charge < -0.3 is 0 Å². The van der Waals surface area contributed by atoms with Gasteiger partial charge in [0.05, 0.1) is 16.1 Å². The van der Waals surface area contributed by atoms with Crippen LogP contribution in [0.5, 0.6) is 0 Å². The lowest BCUT2D eigenvalue weighted by Gasteiger charge is -2.18. The number of carbonyl (C=O) groups excluding carboxylic acids is 1. The predicted molar refractivity (Wildman–Crippen MR) is 78.3 cm³/mol. The maximum absolute atomic E-state index is 12.9. The van der Waals surface area contributed by atoms with Crippen LogP contribution in [0.15, 0.2) is 17.0 Å². The molecule has 1 aromatic rings. The number of urea groups is 1. The van der Waals surface area contributed by atoms with Crippen LogP contribution in [0.1, 0.15) is 11.1 Å². The normalized spacial score (nSPS) is 12.2. The lowest BCUT2D eigenvalue weighted by molar-refractivity contribution is -0.138. The number of hydrazine groups is 2. The Balaban J connectivity index is 3.24. The average molecular weight is 354 g/mol. The minimum atomic E-state index is -4.65. The van der Waals surface area contributed by atoms with E-state index in [0.29, 0.717) is 6.07 Å². The van der Waals surface area contributed by atoms with Crippen molar-refractivity contribution < 1.29 is 26.4 Å². The van der Waals surface area contributed by atoms with Crippen LogP contribution in [0.4, 0.5) is 23.7 Å². The van der Waals surface area contributed by atoms with Gasteiger partial charge in [0.15, 0.2) is 9.84 Å². The van der Waals surface area contributed by atoms with E-state index in [0.717, 1.165) is 19.2 Å². The van der Waals surface area contributed by atoms with Gasteiger partial charge in [-0.2, -0.15) is 13.2 Å². The number of benzene rings is 1. The van der Waals surface area contributed by atoms with E-state index in [-0.39, 0.29) is 16.1 Å². The van der Waals surface area contributed by atoms with Crippen molar-refractivity contribution in [2.75, 3.05) is 25.8 Å². The molecule has 130 valence electrons. The molecule has 3 N–H and O–H groups in total. The summed E-state index contributed by atoms with van der Waals surface area (Å²) in [7, 11) is -0.755. The first-order valence-electron chi connectivity index (χ1n) is 6.24. The fourth-order valence-corrected chi connectivity index (χ4v) is 2.65. The average Bonchev–Trinajstić information content (AvgIpc) is 2.33. The van der Waals surface area contributed by atoms with Gasteiger partial charge in [0.2, 0.25) is 0 Å². The minimum absolute atomic E-state index is 0.235. The molecule has 0 spiro atoms. The Hall–Kier alpha value is -2.01. The van der Waals surface area contributed by atoms with Crippen molar-refractivity contribution in [1.29, 1.82) is 0 Å². The number of sulfone groups is 1. The number of hydrogen-bond donors (Lipinski definition) is 3. The molecule has 0 unspecified atom stereocenters. The van der Waals surface area contributed by atoms with Crippen LogP contribution in [0.2, 0.25) is 0 Å². The van der Waals surface area contributed by atoms with Crippen LogP contribution in [0.3, 0.4) is 0 Å². The molecule has 1 rings (SSSR count). The zero-order valence-electron chi connectivity index (χ0n) is 12.9. The highest BCUT2D eigenvalue weighted by Crippen LogP contribution is 2.36. The van der Waals surface area contributed by atoms with Crippen molar-refractivity contribution in [3.63, 3.8) is 0 Å². The molecule has 0 bridgehead atoms. The van der Waals surface area contributed by atoms with Gasteiger partial charge in [-0.1, -0.05) is 0 Å². The third-order valence-electron chi connectivity index (χ3n) is 2.67. The van der Waals surface area contributed by atoms with Gasteiger partial charge >= 0.3 is 12.2 Å². The third-order valence-corrected chi connectivity index (χ3v) is 3.80. The summed E-state index contributed by atoms with van der Waals surface area (Å²) in [5, 5.41) is 1.30. The van der Waals surface area contributed by atoms with E-state index in [1.54, 1.807) is 0 Å². The van der Waals surface area contributed by atoms with Crippen molar-refractivity contribution >= 4 is 21.6 Å². The minimum Gasteiger partial charge on any atom is -0.296 e. The third kappa shape index (κ3) is 5.28. The predicted octanol–water partition coefficient (Wildman–Crippen LogP) is 1.52. The van der Waals surface area contributed by atoms with Crippen LogP contribution >= 0.6 is 0 Å². The standard InChI is InChI=1S/C12H17F3N4O3S/c1-7-5-10(23(4,21)22)9(6-8(7)12(13,14)15)16-17-11(20)18-19(2)3/h5-6,16H,1-4H3,(H2,17,18,20). The first kappa shape index (κ1) is 19.0. The molecule has 0 fully saturated rings. The van der Waals surface area contributed by atoms with E-state index in [1.165, 1.54) is 19.1 Å². The summed E-state index contributed by atoms with van der Waals surface area (Å²) in [6, 6.07) is 0.775. The summed E-state index contributed by atoms with van der Waals surface area (Å²) >= 11 is 0. The molecule has 7 nitrogen and oxygen atoms in total. The Kier molecular flexibility index (Phi) is 5.48. The van der Waals surface area contributed by atoms with Crippen LogP contribution in [0.25, 0.3) is 0 Å². The maximum atomic E-state index is 12.9. The van der Waals surface area contributed by atoms with Gasteiger partial charge in [0.1, 0.15) is 0 Å². The molecule has 0 atom stereocenters. The topological polar surface area (TPSA) is 90.5 Å². The lowest BCUT2D eigenvalue weighted by Crippen LogP contribution is -2.45. The van der Waals surface area contributed by atoms with Crippen molar-refractivity contribution in [1.82, 2.24) is 15.9 Å². The Labute approximate surface area is 131 Å². The van der Waals surface area contributed by atoms with Crippen molar-refractivity contribution in [3.8, 4) is 0 Å². The Morgan fingerprint density at radius 1 is 1.22 bits per heavy atom. The number of alkyl halides is 3. The van der Waals surface area contributed by atoms with Gasteiger partial charge in [-0.15, -0.1) is 0 Å². The second kappa shape index (κ2) is 6.62. The van der Waals surface area contributed by atoms with Crippen molar-refractivity contribution in [3.05, 3.63) is 23.3 Å². The van der Waals surface area contributed by atoms with E-state index in [1.807, 2.05) is 0 Å². The molecule has 0 aliphatic heterocycles. The van der Waals surface area contributed by atoms with Crippen molar-refractivity contribution in [2.24, 2.45) is 0 Å². The van der Waals surface area contributed by atoms with Crippen LogP contribution < -0.4 is 16.3 Å². The molecule has 0 saturated carbocycles. The summed E-state index contributed by atoms with van der Waals surface area (Å²) in [4.78, 5) is 11.1. The number of halogens is 3. The number of amides is 2. The molecule has 0 saturated heterocycles. The van der Waals surface area contributed by atoms with Gasteiger partial charge in [-0.05, 0) is 24.6 Å². The first-order valence-corrected chi connectivity index (χ1v) is 8.13. The maximum Gasteiger partial charge on any atom is 0.416 e. The smallest absolute Gasteiger partial charge is 0.296 e. The van der Waals surface area contributed by atoms with Gasteiger partial charge in [-0.3, -0.25) is 16.3 Å². The molecule has 0 aromatic heterocycles. The summed E-state index contributed by atoms with van der Waals surface area (Å²) in [6.45, 7) is 1.16. The number of aryl methyl sites for hydroxylation is 1. The van der Waals surface area contributed by atoms with Crippen LogP contribution in [0, 0.1) is 6.92 Å². The largest absolute Gasteiger partial charge is 0.416 e. The molecule has 11 heteroatoms. The van der Waals surface area contributed by atoms with E-state index >= 15 is 0 Å². The lowest BCUT2D eigenvalue weighted by atomic mass is 10.1. The molecule has 0 aliphatic carbocycles. The molecule has 0 aliphatic rings. The molecule has 0 heterocycles. The monoisotopic (exact) mass is 354 g/mol.